The van der Waals surface area contributed by atoms with Crippen LogP contribution in [0.2, 0.25) is 0 Å². The first-order valence-corrected chi connectivity index (χ1v) is 12.2. The van der Waals surface area contributed by atoms with Crippen LogP contribution >= 0.6 is 0 Å². The SMILES string of the molecule is CCCc1ccc(-c2cc3ccc(-c4ccc(-c5ccc(CC)cc5)c(F)c4)c(F)c3c(=O)o2)cc1. The van der Waals surface area contributed by atoms with Gasteiger partial charge in [0.1, 0.15) is 22.8 Å². The lowest BCUT2D eigenvalue weighted by Gasteiger charge is -2.10. The number of hydrogen-bond donors (Lipinski definition) is 0. The lowest BCUT2D eigenvalue weighted by Crippen LogP contribution is -2.04. The molecule has 36 heavy (non-hydrogen) atoms. The molecule has 0 unspecified atom stereocenters. The second kappa shape index (κ2) is 9.90. The van der Waals surface area contributed by atoms with E-state index in [1.807, 2.05) is 48.5 Å². The average Bonchev–Trinajstić information content (AvgIpc) is 2.89. The fourth-order valence-electron chi connectivity index (χ4n) is 4.57. The van der Waals surface area contributed by atoms with Crippen molar-refractivity contribution in [1.29, 1.82) is 0 Å². The molecule has 0 bridgehead atoms. The number of aryl methyl sites for hydroxylation is 2. The van der Waals surface area contributed by atoms with Crippen molar-refractivity contribution >= 4 is 10.8 Å². The molecule has 0 saturated carbocycles. The van der Waals surface area contributed by atoms with Crippen molar-refractivity contribution < 1.29 is 13.2 Å². The molecule has 5 aromatic rings. The molecule has 0 aliphatic rings. The Morgan fingerprint density at radius 1 is 0.694 bits per heavy atom. The van der Waals surface area contributed by atoms with Crippen LogP contribution in [0.3, 0.4) is 0 Å². The van der Waals surface area contributed by atoms with Gasteiger partial charge in [0.25, 0.3) is 0 Å². The third-order valence-electron chi connectivity index (χ3n) is 6.60. The Balaban J connectivity index is 1.52. The molecule has 1 aromatic heterocycles. The van der Waals surface area contributed by atoms with Gasteiger partial charge in [-0.2, -0.15) is 0 Å². The summed E-state index contributed by atoms with van der Waals surface area (Å²) in [5.41, 5.74) is 4.08. The molecule has 0 fully saturated rings. The summed E-state index contributed by atoms with van der Waals surface area (Å²) in [4.78, 5) is 12.8. The van der Waals surface area contributed by atoms with Crippen LogP contribution in [-0.2, 0) is 12.8 Å². The van der Waals surface area contributed by atoms with E-state index in [0.717, 1.165) is 30.4 Å². The number of fused-ring (bicyclic) bond motifs is 1. The van der Waals surface area contributed by atoms with Crippen LogP contribution in [0.1, 0.15) is 31.4 Å². The summed E-state index contributed by atoms with van der Waals surface area (Å²) >= 11 is 0. The zero-order valence-electron chi connectivity index (χ0n) is 20.3. The van der Waals surface area contributed by atoms with E-state index in [4.69, 9.17) is 4.42 Å². The lowest BCUT2D eigenvalue weighted by atomic mass is 9.97. The highest BCUT2D eigenvalue weighted by Crippen LogP contribution is 2.33. The predicted molar refractivity (Wildman–Crippen MR) is 142 cm³/mol. The lowest BCUT2D eigenvalue weighted by molar-refractivity contribution is 0.529. The second-order valence-corrected chi connectivity index (χ2v) is 8.98. The summed E-state index contributed by atoms with van der Waals surface area (Å²) in [5.74, 6) is -0.789. The van der Waals surface area contributed by atoms with E-state index in [2.05, 4.69) is 13.8 Å². The molecule has 0 amide bonds. The Bertz CT molecular complexity index is 1600. The summed E-state index contributed by atoms with van der Waals surface area (Å²) < 4.78 is 36.1. The van der Waals surface area contributed by atoms with Crippen LogP contribution in [0.5, 0.6) is 0 Å². The van der Waals surface area contributed by atoms with E-state index in [1.165, 1.54) is 17.2 Å². The predicted octanol–water partition coefficient (Wildman–Crippen LogP) is 8.59. The number of benzene rings is 4. The first-order valence-electron chi connectivity index (χ1n) is 12.2. The molecule has 0 radical (unpaired) electrons. The molecular weight excluding hydrogens is 454 g/mol. The Morgan fingerprint density at radius 2 is 1.33 bits per heavy atom. The van der Waals surface area contributed by atoms with Crippen molar-refractivity contribution in [2.45, 2.75) is 33.1 Å². The molecule has 2 nitrogen and oxygen atoms in total. The van der Waals surface area contributed by atoms with E-state index in [1.54, 1.807) is 30.3 Å². The molecule has 5 rings (SSSR count). The minimum Gasteiger partial charge on any atom is -0.422 e. The standard InChI is InChI=1S/C32H26F2O2/c1-3-5-21-8-12-23(13-9-21)29-19-25-15-17-27(31(34)30(25)32(35)36-29)24-14-16-26(28(33)18-24)22-10-6-20(4-2)7-11-22/h6-19H,3-5H2,1-2H3. The Kier molecular flexibility index (Phi) is 6.51. The number of halogens is 2. The zero-order chi connectivity index (χ0) is 25.2. The van der Waals surface area contributed by atoms with Gasteiger partial charge in [0.15, 0.2) is 0 Å². The van der Waals surface area contributed by atoms with Gasteiger partial charge in [-0.05, 0) is 52.6 Å². The Hall–Kier alpha value is -4.05. The van der Waals surface area contributed by atoms with Crippen molar-refractivity contribution in [2.24, 2.45) is 0 Å². The van der Waals surface area contributed by atoms with Gasteiger partial charge in [0, 0.05) is 16.7 Å². The van der Waals surface area contributed by atoms with E-state index in [-0.39, 0.29) is 10.9 Å². The molecule has 0 N–H and O–H groups in total. The Morgan fingerprint density at radius 3 is 2.00 bits per heavy atom. The van der Waals surface area contributed by atoms with Crippen molar-refractivity contribution in [1.82, 2.24) is 0 Å². The maximum atomic E-state index is 15.5. The van der Waals surface area contributed by atoms with E-state index >= 15 is 8.78 Å². The molecule has 0 aliphatic carbocycles. The van der Waals surface area contributed by atoms with Crippen molar-refractivity contribution in [2.75, 3.05) is 0 Å². The monoisotopic (exact) mass is 480 g/mol. The van der Waals surface area contributed by atoms with Gasteiger partial charge in [-0.25, -0.2) is 13.6 Å². The van der Waals surface area contributed by atoms with E-state index in [9.17, 15) is 4.79 Å². The van der Waals surface area contributed by atoms with Crippen LogP contribution in [0, 0.1) is 11.6 Å². The topological polar surface area (TPSA) is 30.2 Å². The largest absolute Gasteiger partial charge is 0.422 e. The molecular formula is C32H26F2O2. The molecule has 180 valence electrons. The summed E-state index contributed by atoms with van der Waals surface area (Å²) in [6.07, 6.45) is 2.93. The second-order valence-electron chi connectivity index (χ2n) is 8.98. The summed E-state index contributed by atoms with van der Waals surface area (Å²) in [5, 5.41) is 0.298. The molecule has 4 aromatic carbocycles. The van der Waals surface area contributed by atoms with Gasteiger partial charge in [0.05, 0.1) is 0 Å². The van der Waals surface area contributed by atoms with Crippen LogP contribution in [-0.4, -0.2) is 0 Å². The summed E-state index contributed by atoms with van der Waals surface area (Å²) in [6, 6.07) is 25.1. The maximum Gasteiger partial charge on any atom is 0.347 e. The van der Waals surface area contributed by atoms with Gasteiger partial charge < -0.3 is 4.42 Å². The fourth-order valence-corrected chi connectivity index (χ4v) is 4.57. The average molecular weight is 481 g/mol. The minimum atomic E-state index is -0.757. The summed E-state index contributed by atoms with van der Waals surface area (Å²) in [6.45, 7) is 4.18. The molecule has 0 aliphatic heterocycles. The normalized spacial score (nSPS) is 11.2. The van der Waals surface area contributed by atoms with Crippen molar-refractivity contribution in [3.05, 3.63) is 118 Å². The van der Waals surface area contributed by atoms with Gasteiger partial charge in [0.2, 0.25) is 0 Å². The highest BCUT2D eigenvalue weighted by molar-refractivity contribution is 5.89. The maximum absolute atomic E-state index is 15.5. The number of hydrogen-bond acceptors (Lipinski definition) is 2. The smallest absolute Gasteiger partial charge is 0.347 e. The van der Waals surface area contributed by atoms with Crippen LogP contribution in [0.4, 0.5) is 8.78 Å². The van der Waals surface area contributed by atoms with Crippen molar-refractivity contribution in [3.8, 4) is 33.6 Å². The molecule has 0 saturated heterocycles. The molecule has 0 spiro atoms. The van der Waals surface area contributed by atoms with Crippen LogP contribution < -0.4 is 5.63 Å². The van der Waals surface area contributed by atoms with E-state index in [0.29, 0.717) is 22.3 Å². The third kappa shape index (κ3) is 4.47. The summed E-state index contributed by atoms with van der Waals surface area (Å²) in [7, 11) is 0. The molecule has 0 atom stereocenters. The fraction of sp³-hybridized carbons (Fsp3) is 0.156. The Labute approximate surface area is 208 Å². The third-order valence-corrected chi connectivity index (χ3v) is 6.60. The quantitative estimate of drug-likeness (QED) is 0.244. The van der Waals surface area contributed by atoms with Gasteiger partial charge in [-0.15, -0.1) is 0 Å². The first-order chi connectivity index (χ1) is 17.5. The van der Waals surface area contributed by atoms with Crippen molar-refractivity contribution in [3.63, 3.8) is 0 Å². The first kappa shape index (κ1) is 23.7. The zero-order valence-corrected chi connectivity index (χ0v) is 20.3. The highest BCUT2D eigenvalue weighted by atomic mass is 19.1. The van der Waals surface area contributed by atoms with Gasteiger partial charge >= 0.3 is 5.63 Å². The van der Waals surface area contributed by atoms with Gasteiger partial charge in [-0.1, -0.05) is 93.1 Å². The van der Waals surface area contributed by atoms with E-state index < -0.39 is 17.3 Å². The van der Waals surface area contributed by atoms with Crippen LogP contribution in [0.25, 0.3) is 44.3 Å². The molecule has 1 heterocycles. The minimum absolute atomic E-state index is 0.140. The van der Waals surface area contributed by atoms with Crippen LogP contribution in [0.15, 0.2) is 94.1 Å². The highest BCUT2D eigenvalue weighted by Gasteiger charge is 2.17. The number of rotatable bonds is 6. The van der Waals surface area contributed by atoms with Gasteiger partial charge in [-0.3, -0.25) is 0 Å². The molecule has 4 heteroatoms.